The van der Waals surface area contributed by atoms with Crippen LogP contribution >= 0.6 is 0 Å². The van der Waals surface area contributed by atoms with Gasteiger partial charge in [0.1, 0.15) is 0 Å². The van der Waals surface area contributed by atoms with E-state index in [2.05, 4.69) is 91.8 Å². The molecule has 0 aliphatic carbocycles. The minimum atomic E-state index is 0.175. The first-order valence-electron chi connectivity index (χ1n) is 8.23. The molecule has 0 radical (unpaired) electrons. The molecule has 2 aromatic carbocycles. The van der Waals surface area contributed by atoms with E-state index in [4.69, 9.17) is 0 Å². The van der Waals surface area contributed by atoms with Crippen LogP contribution in [0.4, 0.5) is 0 Å². The lowest BCUT2D eigenvalue weighted by Gasteiger charge is -2.26. The smallest absolute Gasteiger partial charge is 0.0122 e. The lowest BCUT2D eigenvalue weighted by molar-refractivity contribution is 0.586. The zero-order chi connectivity index (χ0) is 16.7. The molecule has 118 valence electrons. The van der Waals surface area contributed by atoms with E-state index in [-0.39, 0.29) is 10.8 Å². The fourth-order valence-electron chi connectivity index (χ4n) is 3.24. The standard InChI is InChI=1S/C22H30/c1-15-12-13-19(22(6,7)8)16(2)20(15)17-10-9-11-18(14-17)21(3,4)5/h9-14H,1-8H3. The Morgan fingerprint density at radius 2 is 1.36 bits per heavy atom. The Hall–Kier alpha value is -1.56. The van der Waals surface area contributed by atoms with Gasteiger partial charge in [-0.05, 0) is 58.1 Å². The molecule has 0 fully saturated rings. The molecule has 22 heavy (non-hydrogen) atoms. The van der Waals surface area contributed by atoms with E-state index in [1.807, 2.05) is 0 Å². The van der Waals surface area contributed by atoms with Crippen molar-refractivity contribution in [3.63, 3.8) is 0 Å². The minimum absolute atomic E-state index is 0.175. The molecule has 0 spiro atoms. The van der Waals surface area contributed by atoms with E-state index in [0.717, 1.165) is 0 Å². The summed E-state index contributed by atoms with van der Waals surface area (Å²) >= 11 is 0. The number of hydrogen-bond donors (Lipinski definition) is 0. The lowest BCUT2D eigenvalue weighted by atomic mass is 9.79. The predicted molar refractivity (Wildman–Crippen MR) is 98.8 cm³/mol. The highest BCUT2D eigenvalue weighted by Crippen LogP contribution is 2.36. The van der Waals surface area contributed by atoms with Crippen LogP contribution < -0.4 is 0 Å². The summed E-state index contributed by atoms with van der Waals surface area (Å²) in [6, 6.07) is 13.6. The molecule has 0 unspecified atom stereocenters. The van der Waals surface area contributed by atoms with Gasteiger partial charge in [0.25, 0.3) is 0 Å². The van der Waals surface area contributed by atoms with E-state index in [0.29, 0.717) is 0 Å². The maximum absolute atomic E-state index is 2.36. The van der Waals surface area contributed by atoms with Gasteiger partial charge in [0.05, 0.1) is 0 Å². The van der Waals surface area contributed by atoms with Crippen LogP contribution in [-0.2, 0) is 10.8 Å². The normalized spacial score (nSPS) is 12.5. The Morgan fingerprint density at radius 1 is 0.727 bits per heavy atom. The van der Waals surface area contributed by atoms with Gasteiger partial charge in [-0.3, -0.25) is 0 Å². The van der Waals surface area contributed by atoms with Crippen molar-refractivity contribution < 1.29 is 0 Å². The van der Waals surface area contributed by atoms with Gasteiger partial charge in [0.2, 0.25) is 0 Å². The summed E-state index contributed by atoms with van der Waals surface area (Å²) in [5.41, 5.74) is 8.70. The SMILES string of the molecule is Cc1ccc(C(C)(C)C)c(C)c1-c1cccc(C(C)(C)C)c1. The third-order valence-electron chi connectivity index (χ3n) is 4.50. The molecule has 0 aliphatic heterocycles. The van der Waals surface area contributed by atoms with Crippen molar-refractivity contribution in [2.24, 2.45) is 0 Å². The van der Waals surface area contributed by atoms with Crippen molar-refractivity contribution in [3.05, 3.63) is 58.7 Å². The summed E-state index contributed by atoms with van der Waals surface area (Å²) in [6.07, 6.45) is 0. The average Bonchev–Trinajstić information content (AvgIpc) is 2.36. The molecular formula is C22H30. The Kier molecular flexibility index (Phi) is 4.26. The molecule has 0 aliphatic rings. The zero-order valence-corrected chi connectivity index (χ0v) is 15.5. The summed E-state index contributed by atoms with van der Waals surface area (Å²) in [5, 5.41) is 0. The van der Waals surface area contributed by atoms with Gasteiger partial charge in [0, 0.05) is 0 Å². The molecule has 0 bridgehead atoms. The summed E-state index contributed by atoms with van der Waals surface area (Å²) in [5.74, 6) is 0. The maximum atomic E-state index is 2.36. The molecule has 0 saturated carbocycles. The highest BCUT2D eigenvalue weighted by Gasteiger charge is 2.20. The second-order valence-electron chi connectivity index (χ2n) is 8.51. The number of rotatable bonds is 1. The van der Waals surface area contributed by atoms with Gasteiger partial charge in [0.15, 0.2) is 0 Å². The molecule has 0 N–H and O–H groups in total. The summed E-state index contributed by atoms with van der Waals surface area (Å²) in [7, 11) is 0. The van der Waals surface area contributed by atoms with Crippen LogP contribution in [0.2, 0.25) is 0 Å². The lowest BCUT2D eigenvalue weighted by Crippen LogP contribution is -2.14. The topological polar surface area (TPSA) is 0 Å². The molecule has 0 nitrogen and oxygen atoms in total. The molecule has 0 heterocycles. The number of aryl methyl sites for hydroxylation is 1. The van der Waals surface area contributed by atoms with Crippen LogP contribution in [0.25, 0.3) is 11.1 Å². The summed E-state index contributed by atoms with van der Waals surface area (Å²) in [6.45, 7) is 18.2. The van der Waals surface area contributed by atoms with E-state index in [1.165, 1.54) is 33.4 Å². The highest BCUT2D eigenvalue weighted by molar-refractivity contribution is 5.73. The molecule has 0 amide bonds. The number of benzene rings is 2. The van der Waals surface area contributed by atoms with Gasteiger partial charge in [-0.1, -0.05) is 77.9 Å². The fourth-order valence-corrected chi connectivity index (χ4v) is 3.24. The molecule has 0 aromatic heterocycles. The third kappa shape index (κ3) is 3.27. The first-order valence-corrected chi connectivity index (χ1v) is 8.23. The van der Waals surface area contributed by atoms with Crippen LogP contribution in [0.1, 0.15) is 63.8 Å². The summed E-state index contributed by atoms with van der Waals surface area (Å²) < 4.78 is 0. The van der Waals surface area contributed by atoms with E-state index in [9.17, 15) is 0 Å². The van der Waals surface area contributed by atoms with Crippen LogP contribution in [-0.4, -0.2) is 0 Å². The molecule has 2 rings (SSSR count). The number of hydrogen-bond acceptors (Lipinski definition) is 0. The predicted octanol–water partition coefficient (Wildman–Crippen LogP) is 6.57. The van der Waals surface area contributed by atoms with E-state index < -0.39 is 0 Å². The Bertz CT molecular complexity index is 676. The van der Waals surface area contributed by atoms with Gasteiger partial charge < -0.3 is 0 Å². The monoisotopic (exact) mass is 294 g/mol. The average molecular weight is 294 g/mol. The quantitative estimate of drug-likeness (QED) is 0.558. The van der Waals surface area contributed by atoms with Crippen molar-refractivity contribution in [3.8, 4) is 11.1 Å². The van der Waals surface area contributed by atoms with E-state index >= 15 is 0 Å². The molecule has 0 heteroatoms. The second kappa shape index (κ2) is 5.57. The van der Waals surface area contributed by atoms with Crippen molar-refractivity contribution in [1.82, 2.24) is 0 Å². The Balaban J connectivity index is 2.68. The van der Waals surface area contributed by atoms with Crippen molar-refractivity contribution in [2.75, 3.05) is 0 Å². The van der Waals surface area contributed by atoms with Gasteiger partial charge in [-0.15, -0.1) is 0 Å². The van der Waals surface area contributed by atoms with Crippen molar-refractivity contribution in [2.45, 2.75) is 66.2 Å². The zero-order valence-electron chi connectivity index (χ0n) is 15.5. The Morgan fingerprint density at radius 3 is 1.91 bits per heavy atom. The van der Waals surface area contributed by atoms with Crippen molar-refractivity contribution in [1.29, 1.82) is 0 Å². The van der Waals surface area contributed by atoms with Crippen LogP contribution in [0.5, 0.6) is 0 Å². The minimum Gasteiger partial charge on any atom is -0.0614 e. The largest absolute Gasteiger partial charge is 0.0614 e. The molecule has 0 saturated heterocycles. The summed E-state index contributed by atoms with van der Waals surface area (Å²) in [4.78, 5) is 0. The van der Waals surface area contributed by atoms with Gasteiger partial charge in [-0.2, -0.15) is 0 Å². The first-order chi connectivity index (χ1) is 10.0. The second-order valence-corrected chi connectivity index (χ2v) is 8.51. The van der Waals surface area contributed by atoms with Crippen LogP contribution in [0.15, 0.2) is 36.4 Å². The Labute approximate surface area is 136 Å². The highest BCUT2D eigenvalue weighted by atomic mass is 14.2. The maximum Gasteiger partial charge on any atom is -0.0122 e. The fraction of sp³-hybridized carbons (Fsp3) is 0.455. The molecule has 0 atom stereocenters. The molecule has 2 aromatic rings. The van der Waals surface area contributed by atoms with Gasteiger partial charge >= 0.3 is 0 Å². The van der Waals surface area contributed by atoms with Gasteiger partial charge in [-0.25, -0.2) is 0 Å². The van der Waals surface area contributed by atoms with E-state index in [1.54, 1.807) is 0 Å². The van der Waals surface area contributed by atoms with Crippen LogP contribution in [0.3, 0.4) is 0 Å². The van der Waals surface area contributed by atoms with Crippen LogP contribution in [0, 0.1) is 13.8 Å². The van der Waals surface area contributed by atoms with Crippen molar-refractivity contribution >= 4 is 0 Å². The first kappa shape index (κ1) is 16.8. The third-order valence-corrected chi connectivity index (χ3v) is 4.50. The molecular weight excluding hydrogens is 264 g/mol.